The molecule has 4 heteroatoms. The number of nitrogens with zero attached hydrogens (tertiary/aromatic N) is 3. The lowest BCUT2D eigenvalue weighted by Gasteiger charge is -2.10. The molecule has 0 saturated heterocycles. The Morgan fingerprint density at radius 2 is 0.825 bits per heavy atom. The van der Waals surface area contributed by atoms with E-state index in [1.807, 2.05) is 42.5 Å². The molecule has 0 fully saturated rings. The van der Waals surface area contributed by atoms with Crippen LogP contribution < -0.4 is 0 Å². The summed E-state index contributed by atoms with van der Waals surface area (Å²) < 4.78 is 6.57. The van der Waals surface area contributed by atoms with E-state index >= 15 is 0 Å². The van der Waals surface area contributed by atoms with Crippen LogP contribution in [-0.2, 0) is 0 Å². The highest BCUT2D eigenvalue weighted by molar-refractivity contribution is 6.13. The van der Waals surface area contributed by atoms with Crippen molar-refractivity contribution >= 4 is 43.5 Å². The number of hydrogen-bond donors (Lipinski definition) is 0. The van der Waals surface area contributed by atoms with Gasteiger partial charge in [-0.1, -0.05) is 170 Å². The summed E-state index contributed by atoms with van der Waals surface area (Å²) in [6.07, 6.45) is 0. The van der Waals surface area contributed by atoms with Gasteiger partial charge in [-0.25, -0.2) is 15.0 Å². The second-order valence-corrected chi connectivity index (χ2v) is 14.4. The van der Waals surface area contributed by atoms with Gasteiger partial charge in [0.1, 0.15) is 11.2 Å². The van der Waals surface area contributed by atoms with E-state index in [1.54, 1.807) is 0 Å². The third-order valence-electron chi connectivity index (χ3n) is 10.9. The zero-order valence-corrected chi connectivity index (χ0v) is 30.8. The lowest BCUT2D eigenvalue weighted by molar-refractivity contribution is 0.669. The molecule has 57 heavy (non-hydrogen) atoms. The minimum absolute atomic E-state index is 0.587. The molecule has 2 aromatic heterocycles. The van der Waals surface area contributed by atoms with Crippen LogP contribution in [0.15, 0.2) is 205 Å². The summed E-state index contributed by atoms with van der Waals surface area (Å²) in [5.41, 5.74) is 11.4. The minimum atomic E-state index is 0.587. The number of fused-ring (bicyclic) bond motifs is 5. The fourth-order valence-electron chi connectivity index (χ4n) is 8.06. The summed E-state index contributed by atoms with van der Waals surface area (Å²) in [7, 11) is 0. The second-order valence-electron chi connectivity index (χ2n) is 14.4. The van der Waals surface area contributed by atoms with Gasteiger partial charge in [0, 0.05) is 27.5 Å². The lowest BCUT2D eigenvalue weighted by atomic mass is 9.94. The molecule has 0 atom stereocenters. The smallest absolute Gasteiger partial charge is 0.164 e. The summed E-state index contributed by atoms with van der Waals surface area (Å²) in [6, 6.07) is 70.0. The van der Waals surface area contributed by atoms with Crippen LogP contribution in [-0.4, -0.2) is 15.0 Å². The van der Waals surface area contributed by atoms with Gasteiger partial charge in [0.25, 0.3) is 0 Å². The fourth-order valence-corrected chi connectivity index (χ4v) is 8.06. The molecule has 0 saturated carbocycles. The van der Waals surface area contributed by atoms with E-state index < -0.39 is 0 Å². The van der Waals surface area contributed by atoms with Gasteiger partial charge in [0.15, 0.2) is 17.5 Å². The summed E-state index contributed by atoms with van der Waals surface area (Å²) in [4.78, 5) is 15.2. The summed E-state index contributed by atoms with van der Waals surface area (Å²) in [6.45, 7) is 0. The van der Waals surface area contributed by atoms with Gasteiger partial charge in [-0.05, 0) is 85.3 Å². The molecule has 0 aliphatic carbocycles. The van der Waals surface area contributed by atoms with E-state index in [0.717, 1.165) is 60.5 Å². The van der Waals surface area contributed by atoms with Gasteiger partial charge < -0.3 is 4.42 Å². The van der Waals surface area contributed by atoms with E-state index in [1.165, 1.54) is 33.0 Å². The second kappa shape index (κ2) is 13.6. The Labute approximate surface area is 329 Å². The van der Waals surface area contributed by atoms with Crippen molar-refractivity contribution in [1.29, 1.82) is 0 Å². The molecule has 11 aromatic rings. The van der Waals surface area contributed by atoms with E-state index in [4.69, 9.17) is 19.4 Å². The number of furan rings is 1. The molecule has 9 aromatic carbocycles. The molecular formula is C53H33N3O. The van der Waals surface area contributed by atoms with Crippen LogP contribution in [0, 0.1) is 0 Å². The van der Waals surface area contributed by atoms with Crippen molar-refractivity contribution in [3.8, 4) is 67.5 Å². The first-order chi connectivity index (χ1) is 28.2. The molecule has 266 valence electrons. The van der Waals surface area contributed by atoms with Gasteiger partial charge in [-0.2, -0.15) is 0 Å². The monoisotopic (exact) mass is 727 g/mol. The van der Waals surface area contributed by atoms with Crippen LogP contribution >= 0.6 is 0 Å². The molecule has 0 aliphatic heterocycles. The number of rotatable bonds is 6. The van der Waals surface area contributed by atoms with E-state index in [9.17, 15) is 0 Å². The maximum atomic E-state index is 6.57. The molecule has 4 nitrogen and oxygen atoms in total. The van der Waals surface area contributed by atoms with Crippen LogP contribution in [0.3, 0.4) is 0 Å². The molecule has 0 N–H and O–H groups in total. The highest BCUT2D eigenvalue weighted by atomic mass is 16.3. The Morgan fingerprint density at radius 1 is 0.281 bits per heavy atom. The summed E-state index contributed by atoms with van der Waals surface area (Å²) in [5.74, 6) is 1.82. The van der Waals surface area contributed by atoms with Crippen LogP contribution in [0.25, 0.3) is 111 Å². The lowest BCUT2D eigenvalue weighted by Crippen LogP contribution is -2.00. The zero-order chi connectivity index (χ0) is 37.7. The molecule has 0 radical (unpaired) electrons. The average molecular weight is 728 g/mol. The normalized spacial score (nSPS) is 11.5. The first-order valence-corrected chi connectivity index (χ1v) is 19.2. The van der Waals surface area contributed by atoms with Gasteiger partial charge in [0.2, 0.25) is 0 Å². The Morgan fingerprint density at radius 3 is 1.60 bits per heavy atom. The van der Waals surface area contributed by atoms with Crippen molar-refractivity contribution < 1.29 is 4.42 Å². The summed E-state index contributed by atoms with van der Waals surface area (Å²) in [5, 5.41) is 6.91. The number of hydrogen-bond acceptors (Lipinski definition) is 4. The molecular weight excluding hydrogens is 695 g/mol. The first kappa shape index (κ1) is 32.7. The van der Waals surface area contributed by atoms with Gasteiger partial charge in [0.05, 0.1) is 0 Å². The third kappa shape index (κ3) is 5.92. The van der Waals surface area contributed by atoms with Gasteiger partial charge in [-0.15, -0.1) is 0 Å². The number of aromatic nitrogens is 3. The number of benzene rings is 9. The molecule has 0 bridgehead atoms. The minimum Gasteiger partial charge on any atom is -0.456 e. The molecule has 0 unspecified atom stereocenters. The third-order valence-corrected chi connectivity index (χ3v) is 10.9. The van der Waals surface area contributed by atoms with Crippen molar-refractivity contribution in [1.82, 2.24) is 15.0 Å². The molecule has 0 aliphatic rings. The molecule has 0 amide bonds. The van der Waals surface area contributed by atoms with Crippen molar-refractivity contribution in [3.63, 3.8) is 0 Å². The first-order valence-electron chi connectivity index (χ1n) is 19.2. The average Bonchev–Trinajstić information content (AvgIpc) is 3.67. The Bertz CT molecular complexity index is 3270. The van der Waals surface area contributed by atoms with Gasteiger partial charge >= 0.3 is 0 Å². The Balaban J connectivity index is 0.997. The van der Waals surface area contributed by atoms with E-state index in [0.29, 0.717) is 17.5 Å². The standard InChI is InChI=1S/C53H33N3O/c1-3-11-34(12-4-1)40-27-21-35-22-28-41(32-43(35)31-40)52-54-51(39-14-5-2-6-15-39)55-53(56-52)42-29-30-47-49(33-42)57-48-20-10-19-46(50(47)48)38-25-23-37(24-26-38)45-18-9-16-36-13-7-8-17-44(36)45/h1-33H. The van der Waals surface area contributed by atoms with Crippen molar-refractivity contribution in [3.05, 3.63) is 200 Å². The predicted molar refractivity (Wildman–Crippen MR) is 235 cm³/mol. The van der Waals surface area contributed by atoms with E-state index in [2.05, 4.69) is 158 Å². The summed E-state index contributed by atoms with van der Waals surface area (Å²) >= 11 is 0. The maximum Gasteiger partial charge on any atom is 0.164 e. The van der Waals surface area contributed by atoms with Crippen LogP contribution in [0.2, 0.25) is 0 Å². The zero-order valence-electron chi connectivity index (χ0n) is 30.8. The SMILES string of the molecule is c1ccc(-c2ccc3ccc(-c4nc(-c5ccccc5)nc(-c5ccc6c(c5)oc5cccc(-c7ccc(-c8cccc9ccccc89)cc7)c56)n4)cc3c2)cc1. The topological polar surface area (TPSA) is 51.8 Å². The van der Waals surface area contributed by atoms with Crippen molar-refractivity contribution in [2.24, 2.45) is 0 Å². The highest BCUT2D eigenvalue weighted by Crippen LogP contribution is 2.39. The fraction of sp³-hybridized carbons (Fsp3) is 0. The Hall–Kier alpha value is -7.69. The molecule has 2 heterocycles. The van der Waals surface area contributed by atoms with Crippen LogP contribution in [0.1, 0.15) is 0 Å². The maximum absolute atomic E-state index is 6.57. The van der Waals surface area contributed by atoms with Gasteiger partial charge in [-0.3, -0.25) is 0 Å². The Kier molecular flexibility index (Phi) is 7.78. The van der Waals surface area contributed by atoms with E-state index in [-0.39, 0.29) is 0 Å². The molecule has 11 rings (SSSR count). The van der Waals surface area contributed by atoms with Crippen molar-refractivity contribution in [2.75, 3.05) is 0 Å². The van der Waals surface area contributed by atoms with Crippen LogP contribution in [0.5, 0.6) is 0 Å². The quantitative estimate of drug-likeness (QED) is 0.171. The van der Waals surface area contributed by atoms with Crippen molar-refractivity contribution in [2.45, 2.75) is 0 Å². The molecule has 0 spiro atoms. The van der Waals surface area contributed by atoms with Crippen LogP contribution in [0.4, 0.5) is 0 Å². The highest BCUT2D eigenvalue weighted by Gasteiger charge is 2.17. The largest absolute Gasteiger partial charge is 0.456 e. The predicted octanol–water partition coefficient (Wildman–Crippen LogP) is 14.1.